The summed E-state index contributed by atoms with van der Waals surface area (Å²) < 4.78 is 10.8. The van der Waals surface area contributed by atoms with E-state index in [4.69, 9.17) is 26.8 Å². The molecule has 3 N–H and O–H groups in total. The van der Waals surface area contributed by atoms with Crippen LogP contribution in [0.4, 0.5) is 0 Å². The maximum Gasteiger partial charge on any atom is 0.338 e. The molecule has 7 nitrogen and oxygen atoms in total. The molecule has 0 fully saturated rings. The van der Waals surface area contributed by atoms with Crippen LogP contribution >= 0.6 is 11.6 Å². The van der Waals surface area contributed by atoms with Gasteiger partial charge < -0.3 is 20.2 Å². The van der Waals surface area contributed by atoms with Crippen LogP contribution in [0.3, 0.4) is 0 Å². The highest BCUT2D eigenvalue weighted by Crippen LogP contribution is 2.40. The minimum atomic E-state index is -0.992. The van der Waals surface area contributed by atoms with Gasteiger partial charge in [-0.05, 0) is 49.4 Å². The second-order valence-electron chi connectivity index (χ2n) is 6.97. The maximum atomic E-state index is 13.0. The molecule has 0 amide bonds. The molecule has 0 bridgehead atoms. The van der Waals surface area contributed by atoms with Gasteiger partial charge in [0.25, 0.3) is 5.56 Å². The van der Waals surface area contributed by atoms with Gasteiger partial charge in [-0.3, -0.25) is 4.79 Å². The van der Waals surface area contributed by atoms with E-state index in [2.05, 4.69) is 4.98 Å². The van der Waals surface area contributed by atoms with E-state index in [1.165, 1.54) is 0 Å². The Morgan fingerprint density at radius 1 is 1.37 bits per heavy atom. The Kier molecular flexibility index (Phi) is 6.18. The SMILES string of the molecule is CCCC1=C(C(=O)OCC)C(c2cc3cc(C)c(Cl)cc3[nH]c2=O)C(C#N)=C(N)O1. The van der Waals surface area contributed by atoms with Crippen LogP contribution in [0, 0.1) is 18.3 Å². The van der Waals surface area contributed by atoms with Crippen molar-refractivity contribution in [2.24, 2.45) is 5.73 Å². The summed E-state index contributed by atoms with van der Waals surface area (Å²) in [6.45, 7) is 5.59. The number of H-pyrrole nitrogens is 1. The quantitative estimate of drug-likeness (QED) is 0.698. The minimum absolute atomic E-state index is 0.00607. The van der Waals surface area contributed by atoms with Gasteiger partial charge >= 0.3 is 5.97 Å². The summed E-state index contributed by atoms with van der Waals surface area (Å²) in [5.41, 5.74) is 7.26. The van der Waals surface area contributed by atoms with Gasteiger partial charge in [-0.25, -0.2) is 4.79 Å². The predicted octanol–water partition coefficient (Wildman–Crippen LogP) is 3.91. The third kappa shape index (κ3) is 3.79. The number of aromatic nitrogens is 1. The zero-order valence-electron chi connectivity index (χ0n) is 17.0. The first-order chi connectivity index (χ1) is 14.3. The molecule has 156 valence electrons. The molecule has 0 saturated heterocycles. The van der Waals surface area contributed by atoms with Crippen LogP contribution < -0.4 is 11.3 Å². The fraction of sp³-hybridized carbons (Fsp3) is 0.318. The van der Waals surface area contributed by atoms with Crippen LogP contribution in [-0.2, 0) is 14.3 Å². The number of aryl methyl sites for hydroxylation is 1. The van der Waals surface area contributed by atoms with E-state index in [1.807, 2.05) is 26.0 Å². The average molecular weight is 428 g/mol. The number of hydrogen-bond acceptors (Lipinski definition) is 6. The average Bonchev–Trinajstić information content (AvgIpc) is 2.69. The van der Waals surface area contributed by atoms with Gasteiger partial charge in [0.1, 0.15) is 17.4 Å². The third-order valence-corrected chi connectivity index (χ3v) is 5.34. The second kappa shape index (κ2) is 8.64. The number of pyridine rings is 1. The first-order valence-corrected chi connectivity index (χ1v) is 10.0. The number of halogens is 1. The van der Waals surface area contributed by atoms with E-state index in [9.17, 15) is 14.9 Å². The Bertz CT molecular complexity index is 1190. The molecule has 0 aliphatic carbocycles. The zero-order chi connectivity index (χ0) is 22.0. The Morgan fingerprint density at radius 2 is 2.10 bits per heavy atom. The summed E-state index contributed by atoms with van der Waals surface area (Å²) in [6, 6.07) is 7.15. The van der Waals surface area contributed by atoms with E-state index in [0.717, 1.165) is 5.56 Å². The molecule has 1 aromatic carbocycles. The summed E-state index contributed by atoms with van der Waals surface area (Å²) in [7, 11) is 0. The van der Waals surface area contributed by atoms with Crippen LogP contribution in [0.15, 0.2) is 45.8 Å². The molecule has 1 atom stereocenters. The molecule has 1 aromatic heterocycles. The molecular formula is C22H22ClN3O4. The Morgan fingerprint density at radius 3 is 2.73 bits per heavy atom. The standard InChI is InChI=1S/C22H22ClN3O4/c1-4-6-17-19(22(28)29-5-2)18(14(10-24)20(25)30-17)13-8-12-7-11(3)15(23)9-16(12)26-21(13)27/h7-9,18H,4-6,25H2,1-3H3,(H,26,27). The number of aromatic amines is 1. The lowest BCUT2D eigenvalue weighted by Crippen LogP contribution is -2.29. The van der Waals surface area contributed by atoms with E-state index in [0.29, 0.717) is 34.5 Å². The molecule has 2 aromatic rings. The number of carbonyl (C=O) groups is 1. The van der Waals surface area contributed by atoms with Crippen LogP contribution in [0.1, 0.15) is 43.7 Å². The number of hydrogen-bond donors (Lipinski definition) is 2. The number of nitrogens with one attached hydrogen (secondary N) is 1. The molecular weight excluding hydrogens is 406 g/mol. The number of ether oxygens (including phenoxy) is 2. The largest absolute Gasteiger partial charge is 0.463 e. The molecule has 8 heteroatoms. The Labute approximate surface area is 178 Å². The molecule has 2 heterocycles. The number of benzene rings is 1. The van der Waals surface area contributed by atoms with Crippen molar-refractivity contribution >= 4 is 28.5 Å². The smallest absolute Gasteiger partial charge is 0.338 e. The van der Waals surface area contributed by atoms with Crippen molar-refractivity contribution < 1.29 is 14.3 Å². The molecule has 0 spiro atoms. The van der Waals surface area contributed by atoms with Crippen LogP contribution in [0.2, 0.25) is 5.02 Å². The van der Waals surface area contributed by atoms with Crippen molar-refractivity contribution in [3.05, 3.63) is 67.5 Å². The van der Waals surface area contributed by atoms with Gasteiger partial charge in [0.15, 0.2) is 0 Å². The maximum absolute atomic E-state index is 13.0. The highest BCUT2D eigenvalue weighted by molar-refractivity contribution is 6.32. The number of esters is 1. The summed E-state index contributed by atoms with van der Waals surface area (Å²) >= 11 is 6.17. The van der Waals surface area contributed by atoms with Crippen LogP contribution in [-0.4, -0.2) is 17.6 Å². The molecule has 1 aliphatic rings. The van der Waals surface area contributed by atoms with E-state index < -0.39 is 17.4 Å². The highest BCUT2D eigenvalue weighted by Gasteiger charge is 2.38. The number of fused-ring (bicyclic) bond motifs is 1. The monoisotopic (exact) mass is 427 g/mol. The molecule has 0 radical (unpaired) electrons. The summed E-state index contributed by atoms with van der Waals surface area (Å²) in [5, 5.41) is 11.0. The fourth-order valence-electron chi connectivity index (χ4n) is 3.55. The fourth-order valence-corrected chi connectivity index (χ4v) is 3.71. The van der Waals surface area contributed by atoms with Gasteiger partial charge in [-0.1, -0.05) is 18.5 Å². The summed E-state index contributed by atoms with van der Waals surface area (Å²) in [4.78, 5) is 28.6. The number of carbonyl (C=O) groups excluding carboxylic acids is 1. The number of rotatable bonds is 5. The summed E-state index contributed by atoms with van der Waals surface area (Å²) in [6.07, 6.45) is 1.08. The normalized spacial score (nSPS) is 16.4. The van der Waals surface area contributed by atoms with Gasteiger partial charge in [0, 0.05) is 22.5 Å². The van der Waals surface area contributed by atoms with Crippen molar-refractivity contribution in [3.63, 3.8) is 0 Å². The summed E-state index contributed by atoms with van der Waals surface area (Å²) in [5.74, 6) is -1.44. The number of nitrogens with two attached hydrogens (primary N) is 1. The van der Waals surface area contributed by atoms with Crippen LogP contribution in [0.25, 0.3) is 10.9 Å². The molecule has 0 saturated carbocycles. The molecule has 1 aliphatic heterocycles. The van der Waals surface area contributed by atoms with Crippen molar-refractivity contribution in [2.45, 2.75) is 39.5 Å². The number of nitrogens with zero attached hydrogens (tertiary/aromatic N) is 1. The lowest BCUT2D eigenvalue weighted by Gasteiger charge is -2.27. The van der Waals surface area contributed by atoms with Crippen molar-refractivity contribution in [1.82, 2.24) is 4.98 Å². The van der Waals surface area contributed by atoms with Crippen LogP contribution in [0.5, 0.6) is 0 Å². The zero-order valence-corrected chi connectivity index (χ0v) is 17.7. The number of nitriles is 1. The number of allylic oxidation sites excluding steroid dienone is 2. The molecule has 3 rings (SSSR count). The van der Waals surface area contributed by atoms with Gasteiger partial charge in [0.2, 0.25) is 5.88 Å². The van der Waals surface area contributed by atoms with Gasteiger partial charge in [0.05, 0.1) is 18.1 Å². The minimum Gasteiger partial charge on any atom is -0.463 e. The Balaban J connectivity index is 2.32. The lowest BCUT2D eigenvalue weighted by molar-refractivity contribution is -0.139. The molecule has 30 heavy (non-hydrogen) atoms. The first-order valence-electron chi connectivity index (χ1n) is 9.63. The van der Waals surface area contributed by atoms with E-state index in [1.54, 1.807) is 19.1 Å². The first kappa shape index (κ1) is 21.5. The highest BCUT2D eigenvalue weighted by atomic mass is 35.5. The predicted molar refractivity (Wildman–Crippen MR) is 114 cm³/mol. The Hall–Kier alpha value is -3.24. The van der Waals surface area contributed by atoms with Crippen molar-refractivity contribution in [2.75, 3.05) is 6.61 Å². The van der Waals surface area contributed by atoms with Gasteiger partial charge in [-0.15, -0.1) is 0 Å². The lowest BCUT2D eigenvalue weighted by atomic mass is 9.82. The van der Waals surface area contributed by atoms with E-state index >= 15 is 0 Å². The van der Waals surface area contributed by atoms with Crippen molar-refractivity contribution in [3.8, 4) is 6.07 Å². The van der Waals surface area contributed by atoms with Gasteiger partial charge in [-0.2, -0.15) is 5.26 Å². The second-order valence-corrected chi connectivity index (χ2v) is 7.38. The molecule has 1 unspecified atom stereocenters. The van der Waals surface area contributed by atoms with Crippen molar-refractivity contribution in [1.29, 1.82) is 5.26 Å². The topological polar surface area (TPSA) is 118 Å². The van der Waals surface area contributed by atoms with E-state index in [-0.39, 0.29) is 29.2 Å². The third-order valence-electron chi connectivity index (χ3n) is 4.93.